The van der Waals surface area contributed by atoms with Crippen LogP contribution in [0.4, 0.5) is 0 Å². The summed E-state index contributed by atoms with van der Waals surface area (Å²) in [6.45, 7) is 1.62. The highest BCUT2D eigenvalue weighted by Gasteiger charge is 2.11. The number of carbonyl (C=O) groups is 1. The van der Waals surface area contributed by atoms with E-state index in [0.29, 0.717) is 6.61 Å². The predicted molar refractivity (Wildman–Crippen MR) is 31.7 cm³/mol. The normalized spacial score (nSPS) is 12.8. The minimum atomic E-state index is -0.884. The maximum absolute atomic E-state index is 10.5. The smallest absolute Gasteiger partial charge is 0.325 e. The monoisotopic (exact) mass is 133 g/mol. The average Bonchev–Trinajstić information content (AvgIpc) is 1.87. The van der Waals surface area contributed by atoms with Gasteiger partial charge in [0.05, 0.1) is 13.2 Å². The molecule has 0 bridgehead atoms. The second-order valence-corrected chi connectivity index (χ2v) is 1.54. The van der Waals surface area contributed by atoms with E-state index in [1.807, 2.05) is 0 Å². The summed E-state index contributed by atoms with van der Waals surface area (Å²) in [5.41, 5.74) is 5.08. The van der Waals surface area contributed by atoms with Crippen molar-refractivity contribution >= 4 is 5.97 Å². The van der Waals surface area contributed by atoms with Crippen molar-refractivity contribution in [1.29, 1.82) is 0 Å². The molecule has 0 aromatic rings. The molecule has 0 fully saturated rings. The van der Waals surface area contributed by atoms with Crippen LogP contribution in [0, 0.1) is 0 Å². The maximum Gasteiger partial charge on any atom is 0.325 e. The Bertz CT molecular complexity index is 94.2. The molecule has 1 atom stereocenters. The molecule has 1 unspecified atom stereocenters. The second kappa shape index (κ2) is 4.29. The summed E-state index contributed by atoms with van der Waals surface area (Å²) in [6.07, 6.45) is 0. The van der Waals surface area contributed by atoms with Crippen LogP contribution in [0.15, 0.2) is 0 Å². The van der Waals surface area contributed by atoms with Gasteiger partial charge in [-0.3, -0.25) is 4.79 Å². The average molecular weight is 133 g/mol. The molecule has 4 heteroatoms. The number of carbonyl (C=O) groups excluding carboxylic acids is 1. The molecule has 0 aliphatic rings. The van der Waals surface area contributed by atoms with Gasteiger partial charge < -0.3 is 15.6 Å². The van der Waals surface area contributed by atoms with Gasteiger partial charge >= 0.3 is 5.97 Å². The largest absolute Gasteiger partial charge is 0.465 e. The number of aliphatic hydroxyl groups is 1. The van der Waals surface area contributed by atoms with Crippen LogP contribution in [0.5, 0.6) is 0 Å². The van der Waals surface area contributed by atoms with Crippen LogP contribution in [-0.2, 0) is 9.53 Å². The van der Waals surface area contributed by atoms with E-state index in [2.05, 4.69) is 4.74 Å². The second-order valence-electron chi connectivity index (χ2n) is 1.54. The third-order valence-corrected chi connectivity index (χ3v) is 0.786. The van der Waals surface area contributed by atoms with E-state index < -0.39 is 12.0 Å². The van der Waals surface area contributed by atoms with Crippen molar-refractivity contribution in [2.45, 2.75) is 13.0 Å². The van der Waals surface area contributed by atoms with Gasteiger partial charge in [-0.2, -0.15) is 0 Å². The molecule has 3 N–H and O–H groups in total. The van der Waals surface area contributed by atoms with Crippen molar-refractivity contribution in [3.8, 4) is 0 Å². The number of nitrogens with two attached hydrogens (primary N) is 1. The van der Waals surface area contributed by atoms with Crippen molar-refractivity contribution in [1.82, 2.24) is 0 Å². The Morgan fingerprint density at radius 2 is 2.44 bits per heavy atom. The first-order chi connectivity index (χ1) is 4.22. The number of ether oxygens (including phenoxy) is 1. The summed E-state index contributed by atoms with van der Waals surface area (Å²) in [7, 11) is 0. The molecule has 0 aliphatic heterocycles. The van der Waals surface area contributed by atoms with E-state index >= 15 is 0 Å². The minimum Gasteiger partial charge on any atom is -0.465 e. The van der Waals surface area contributed by atoms with Crippen LogP contribution in [0.25, 0.3) is 0 Å². The summed E-state index contributed by atoms with van der Waals surface area (Å²) in [5.74, 6) is -0.556. The summed E-state index contributed by atoms with van der Waals surface area (Å²) < 4.78 is 4.47. The van der Waals surface area contributed by atoms with Crippen molar-refractivity contribution in [3.05, 3.63) is 0 Å². The molecule has 54 valence electrons. The van der Waals surface area contributed by atoms with E-state index in [1.54, 1.807) is 6.92 Å². The lowest BCUT2D eigenvalue weighted by molar-refractivity contribution is -0.145. The molecule has 0 aliphatic carbocycles. The van der Waals surface area contributed by atoms with E-state index in [-0.39, 0.29) is 6.61 Å². The van der Waals surface area contributed by atoms with Crippen LogP contribution in [-0.4, -0.2) is 30.3 Å². The van der Waals surface area contributed by atoms with Gasteiger partial charge in [0.25, 0.3) is 0 Å². The topological polar surface area (TPSA) is 72.5 Å². The molecule has 0 saturated heterocycles. The first-order valence-electron chi connectivity index (χ1n) is 2.75. The van der Waals surface area contributed by atoms with E-state index in [4.69, 9.17) is 10.8 Å². The molecule has 0 heterocycles. The zero-order chi connectivity index (χ0) is 7.28. The van der Waals surface area contributed by atoms with Crippen LogP contribution >= 0.6 is 0 Å². The van der Waals surface area contributed by atoms with Crippen molar-refractivity contribution < 1.29 is 14.6 Å². The molecule has 9 heavy (non-hydrogen) atoms. The minimum absolute atomic E-state index is 0.298. The first-order valence-corrected chi connectivity index (χ1v) is 2.75. The molecular weight excluding hydrogens is 122 g/mol. The fourth-order valence-corrected chi connectivity index (χ4v) is 0.324. The Kier molecular flexibility index (Phi) is 4.00. The highest BCUT2D eigenvalue weighted by atomic mass is 16.5. The van der Waals surface area contributed by atoms with Gasteiger partial charge in [-0.25, -0.2) is 0 Å². The number of aliphatic hydroxyl groups excluding tert-OH is 1. The van der Waals surface area contributed by atoms with Gasteiger partial charge in [-0.15, -0.1) is 0 Å². The van der Waals surface area contributed by atoms with Crippen molar-refractivity contribution in [2.24, 2.45) is 5.73 Å². The zero-order valence-electron chi connectivity index (χ0n) is 5.33. The summed E-state index contributed by atoms with van der Waals surface area (Å²) in [5, 5.41) is 8.31. The maximum atomic E-state index is 10.5. The van der Waals surface area contributed by atoms with E-state index in [0.717, 1.165) is 0 Å². The van der Waals surface area contributed by atoms with Gasteiger partial charge in [0, 0.05) is 0 Å². The van der Waals surface area contributed by atoms with Gasteiger partial charge in [-0.1, -0.05) is 0 Å². The third kappa shape index (κ3) is 3.05. The summed E-state index contributed by atoms with van der Waals surface area (Å²) in [4.78, 5) is 10.5. The molecule has 0 saturated carbocycles. The molecule has 0 rings (SSSR count). The van der Waals surface area contributed by atoms with Gasteiger partial charge in [0.2, 0.25) is 0 Å². The Labute approximate surface area is 53.6 Å². The summed E-state index contributed by atoms with van der Waals surface area (Å²) in [6, 6.07) is -0.884. The molecule has 0 amide bonds. The fraction of sp³-hybridized carbons (Fsp3) is 0.800. The number of hydrogen-bond acceptors (Lipinski definition) is 4. The van der Waals surface area contributed by atoms with Crippen LogP contribution in [0.3, 0.4) is 0 Å². The van der Waals surface area contributed by atoms with Crippen molar-refractivity contribution in [3.63, 3.8) is 0 Å². The highest BCUT2D eigenvalue weighted by Crippen LogP contribution is 1.82. The Morgan fingerprint density at radius 1 is 1.89 bits per heavy atom. The van der Waals surface area contributed by atoms with Crippen LogP contribution < -0.4 is 5.73 Å². The van der Waals surface area contributed by atoms with Crippen LogP contribution in [0.2, 0.25) is 0 Å². The lowest BCUT2D eigenvalue weighted by Crippen LogP contribution is -2.35. The predicted octanol–water partition coefficient (Wildman–Crippen LogP) is -1.13. The Balaban J connectivity index is 3.46. The Morgan fingerprint density at radius 3 is 2.78 bits per heavy atom. The van der Waals surface area contributed by atoms with E-state index in [9.17, 15) is 4.79 Å². The quantitative estimate of drug-likeness (QED) is 0.478. The third-order valence-electron chi connectivity index (χ3n) is 0.786. The van der Waals surface area contributed by atoms with Crippen LogP contribution in [0.1, 0.15) is 6.92 Å². The molecule has 0 aromatic carbocycles. The lowest BCUT2D eigenvalue weighted by Gasteiger charge is -2.05. The number of hydrogen-bond donors (Lipinski definition) is 2. The van der Waals surface area contributed by atoms with Gasteiger partial charge in [0.15, 0.2) is 0 Å². The molecule has 0 radical (unpaired) electrons. The summed E-state index contributed by atoms with van der Waals surface area (Å²) >= 11 is 0. The SMILES string of the molecule is CCOC(=O)C(N)CO. The first kappa shape index (κ1) is 8.39. The standard InChI is InChI=1S/C5H11NO3/c1-2-9-5(8)4(6)3-7/h4,7H,2-3,6H2,1H3. The lowest BCUT2D eigenvalue weighted by atomic mass is 10.3. The molecule has 4 nitrogen and oxygen atoms in total. The molecular formula is C5H11NO3. The number of rotatable bonds is 3. The Hall–Kier alpha value is -0.610. The van der Waals surface area contributed by atoms with Crippen molar-refractivity contribution in [2.75, 3.05) is 13.2 Å². The molecule has 0 aromatic heterocycles. The molecule has 0 spiro atoms. The highest BCUT2D eigenvalue weighted by molar-refractivity contribution is 5.75. The van der Waals surface area contributed by atoms with E-state index in [1.165, 1.54) is 0 Å². The number of esters is 1. The van der Waals surface area contributed by atoms with Gasteiger partial charge in [0.1, 0.15) is 6.04 Å². The zero-order valence-corrected chi connectivity index (χ0v) is 5.33. The van der Waals surface area contributed by atoms with Gasteiger partial charge in [-0.05, 0) is 6.92 Å². The fourth-order valence-electron chi connectivity index (χ4n) is 0.324.